The van der Waals surface area contributed by atoms with Crippen molar-refractivity contribution >= 4 is 6.08 Å². The average Bonchev–Trinajstić information content (AvgIpc) is 2.95. The van der Waals surface area contributed by atoms with Crippen molar-refractivity contribution in [3.8, 4) is 0 Å². The van der Waals surface area contributed by atoms with Gasteiger partial charge in [0, 0.05) is 0 Å². The molecule has 0 aliphatic heterocycles. The average molecular weight is 212 g/mol. The van der Waals surface area contributed by atoms with E-state index in [2.05, 4.69) is 37.3 Å². The van der Waals surface area contributed by atoms with Crippen LogP contribution in [0.25, 0.3) is 6.08 Å². The second-order valence-corrected chi connectivity index (χ2v) is 5.38. The van der Waals surface area contributed by atoms with Crippen LogP contribution in [0.3, 0.4) is 0 Å². The highest BCUT2D eigenvalue weighted by molar-refractivity contribution is 5.64. The predicted octanol–water partition coefficient (Wildman–Crippen LogP) is 4.45. The van der Waals surface area contributed by atoms with Crippen LogP contribution in [0.4, 0.5) is 0 Å². The minimum atomic E-state index is 0.886. The molecule has 0 spiro atoms. The van der Waals surface area contributed by atoms with Crippen LogP contribution in [-0.4, -0.2) is 0 Å². The van der Waals surface area contributed by atoms with E-state index < -0.39 is 0 Å². The van der Waals surface area contributed by atoms with Gasteiger partial charge >= 0.3 is 0 Å². The van der Waals surface area contributed by atoms with Crippen LogP contribution in [0, 0.1) is 11.8 Å². The maximum absolute atomic E-state index is 2.46. The van der Waals surface area contributed by atoms with Gasteiger partial charge in [0.1, 0.15) is 0 Å². The first-order valence-electron chi connectivity index (χ1n) is 6.65. The van der Waals surface area contributed by atoms with Crippen molar-refractivity contribution in [2.45, 2.75) is 39.0 Å². The van der Waals surface area contributed by atoms with E-state index in [1.54, 1.807) is 5.57 Å². The van der Waals surface area contributed by atoms with Gasteiger partial charge in [0.2, 0.25) is 0 Å². The molecular formula is C16H20. The summed E-state index contributed by atoms with van der Waals surface area (Å²) in [5, 5.41) is 0. The van der Waals surface area contributed by atoms with Gasteiger partial charge in [-0.1, -0.05) is 49.3 Å². The number of benzene rings is 1. The van der Waals surface area contributed by atoms with E-state index in [-0.39, 0.29) is 0 Å². The smallest absolute Gasteiger partial charge is 0.00551 e. The van der Waals surface area contributed by atoms with Crippen molar-refractivity contribution in [2.75, 3.05) is 0 Å². The molecule has 0 bridgehead atoms. The normalized spacial score (nSPS) is 27.9. The van der Waals surface area contributed by atoms with Gasteiger partial charge in [0.25, 0.3) is 0 Å². The molecule has 0 N–H and O–H groups in total. The van der Waals surface area contributed by atoms with Crippen molar-refractivity contribution in [1.29, 1.82) is 0 Å². The Hall–Kier alpha value is -1.04. The zero-order valence-corrected chi connectivity index (χ0v) is 10.1. The minimum Gasteiger partial charge on any atom is -0.0651 e. The summed E-state index contributed by atoms with van der Waals surface area (Å²) in [6.45, 7) is 2.34. The molecule has 0 heteroatoms. The molecule has 0 aromatic heterocycles. The lowest BCUT2D eigenvalue weighted by Gasteiger charge is -2.11. The zero-order chi connectivity index (χ0) is 11.0. The molecule has 1 saturated carbocycles. The quantitative estimate of drug-likeness (QED) is 0.679. The Kier molecular flexibility index (Phi) is 2.59. The van der Waals surface area contributed by atoms with Gasteiger partial charge in [-0.3, -0.25) is 0 Å². The molecule has 84 valence electrons. The first-order valence-corrected chi connectivity index (χ1v) is 6.65. The Morgan fingerprint density at radius 2 is 2.06 bits per heavy atom. The number of rotatable bonds is 2. The Balaban J connectivity index is 1.76. The van der Waals surface area contributed by atoms with Crippen molar-refractivity contribution in [2.24, 2.45) is 11.8 Å². The molecule has 2 aliphatic rings. The molecule has 1 aromatic carbocycles. The Morgan fingerprint density at radius 1 is 1.19 bits per heavy atom. The Labute approximate surface area is 98.4 Å². The number of allylic oxidation sites excluding steroid dienone is 1. The zero-order valence-electron chi connectivity index (χ0n) is 10.1. The number of fused-ring (bicyclic) bond motifs is 1. The molecule has 2 unspecified atom stereocenters. The molecule has 0 saturated heterocycles. The third kappa shape index (κ3) is 1.71. The van der Waals surface area contributed by atoms with Gasteiger partial charge in [-0.05, 0) is 48.6 Å². The van der Waals surface area contributed by atoms with Crippen LogP contribution in [0.15, 0.2) is 29.8 Å². The van der Waals surface area contributed by atoms with Crippen LogP contribution in [0.5, 0.6) is 0 Å². The fourth-order valence-corrected chi connectivity index (χ4v) is 3.35. The molecule has 2 aliphatic carbocycles. The summed E-state index contributed by atoms with van der Waals surface area (Å²) in [7, 11) is 0. The highest BCUT2D eigenvalue weighted by atomic mass is 14.3. The molecule has 0 radical (unpaired) electrons. The third-order valence-corrected chi connectivity index (χ3v) is 4.43. The lowest BCUT2D eigenvalue weighted by molar-refractivity contribution is 0.508. The summed E-state index contributed by atoms with van der Waals surface area (Å²) in [6.07, 6.45) is 9.37. The summed E-state index contributed by atoms with van der Waals surface area (Å²) >= 11 is 0. The van der Waals surface area contributed by atoms with Crippen LogP contribution < -0.4 is 0 Å². The van der Waals surface area contributed by atoms with Crippen LogP contribution in [-0.2, 0) is 6.42 Å². The van der Waals surface area contributed by atoms with Crippen molar-refractivity contribution in [3.05, 3.63) is 41.0 Å². The lowest BCUT2D eigenvalue weighted by Crippen LogP contribution is -2.00. The summed E-state index contributed by atoms with van der Waals surface area (Å²) < 4.78 is 0. The van der Waals surface area contributed by atoms with Crippen LogP contribution in [0.2, 0.25) is 0 Å². The molecule has 3 rings (SSSR count). The SMILES string of the molecule is CCC1CCC(C2=Cc3ccccc3C2)C1. The Morgan fingerprint density at radius 3 is 2.81 bits per heavy atom. The van der Waals surface area contributed by atoms with Gasteiger partial charge in [0.05, 0.1) is 0 Å². The number of hydrogen-bond donors (Lipinski definition) is 0. The van der Waals surface area contributed by atoms with E-state index in [0.29, 0.717) is 0 Å². The lowest BCUT2D eigenvalue weighted by atomic mass is 9.94. The minimum absolute atomic E-state index is 0.886. The maximum atomic E-state index is 2.46. The monoisotopic (exact) mass is 212 g/mol. The molecular weight excluding hydrogens is 192 g/mol. The van der Waals surface area contributed by atoms with E-state index in [0.717, 1.165) is 11.8 Å². The summed E-state index contributed by atoms with van der Waals surface area (Å²) in [5.41, 5.74) is 4.71. The number of hydrogen-bond acceptors (Lipinski definition) is 0. The van der Waals surface area contributed by atoms with Gasteiger partial charge < -0.3 is 0 Å². The maximum Gasteiger partial charge on any atom is -0.00551 e. The van der Waals surface area contributed by atoms with Gasteiger partial charge in [-0.25, -0.2) is 0 Å². The molecule has 1 fully saturated rings. The summed E-state index contributed by atoms with van der Waals surface area (Å²) in [4.78, 5) is 0. The standard InChI is InChI=1S/C16H20/c1-2-12-7-8-15(9-12)16-10-13-5-3-4-6-14(13)11-16/h3-6,10,12,15H,2,7-9,11H2,1H3. The topological polar surface area (TPSA) is 0 Å². The highest BCUT2D eigenvalue weighted by Crippen LogP contribution is 2.41. The molecule has 2 atom stereocenters. The fraction of sp³-hybridized carbons (Fsp3) is 0.500. The van der Waals surface area contributed by atoms with Crippen molar-refractivity contribution in [3.63, 3.8) is 0 Å². The van der Waals surface area contributed by atoms with Crippen molar-refractivity contribution < 1.29 is 0 Å². The largest absolute Gasteiger partial charge is 0.0651 e. The van der Waals surface area contributed by atoms with E-state index in [1.807, 2.05) is 0 Å². The summed E-state index contributed by atoms with van der Waals surface area (Å²) in [6, 6.07) is 8.86. The molecule has 1 aromatic rings. The molecule has 0 heterocycles. The highest BCUT2D eigenvalue weighted by Gasteiger charge is 2.28. The van der Waals surface area contributed by atoms with E-state index in [1.165, 1.54) is 43.2 Å². The first-order chi connectivity index (χ1) is 7.86. The second kappa shape index (κ2) is 4.08. The molecule has 16 heavy (non-hydrogen) atoms. The van der Waals surface area contributed by atoms with E-state index >= 15 is 0 Å². The fourth-order valence-electron chi connectivity index (χ4n) is 3.35. The predicted molar refractivity (Wildman–Crippen MR) is 69.2 cm³/mol. The third-order valence-electron chi connectivity index (χ3n) is 4.43. The first kappa shape index (κ1) is 10.1. The van der Waals surface area contributed by atoms with Crippen molar-refractivity contribution in [1.82, 2.24) is 0 Å². The van der Waals surface area contributed by atoms with E-state index in [9.17, 15) is 0 Å². The van der Waals surface area contributed by atoms with E-state index in [4.69, 9.17) is 0 Å². The van der Waals surface area contributed by atoms with Gasteiger partial charge in [-0.15, -0.1) is 0 Å². The van der Waals surface area contributed by atoms with Gasteiger partial charge in [-0.2, -0.15) is 0 Å². The van der Waals surface area contributed by atoms with Gasteiger partial charge in [0.15, 0.2) is 0 Å². The summed E-state index contributed by atoms with van der Waals surface area (Å²) in [5.74, 6) is 1.88. The second-order valence-electron chi connectivity index (χ2n) is 5.38. The molecule has 0 amide bonds. The Bertz CT molecular complexity index is 414. The van der Waals surface area contributed by atoms with Crippen LogP contribution >= 0.6 is 0 Å². The van der Waals surface area contributed by atoms with Crippen LogP contribution in [0.1, 0.15) is 43.7 Å². The molecule has 0 nitrogen and oxygen atoms in total.